The Morgan fingerprint density at radius 2 is 1.33 bits per heavy atom. The Morgan fingerprint density at radius 3 is 1.33 bits per heavy atom. The fraction of sp³-hybridized carbons (Fsp3) is 1.00. The zero-order valence-corrected chi connectivity index (χ0v) is 8.52. The molecule has 0 bridgehead atoms. The summed E-state index contributed by atoms with van der Waals surface area (Å²) in [5, 5.41) is 0. The normalized spacial score (nSPS) is 5.67. The van der Waals surface area contributed by atoms with Gasteiger partial charge in [0.25, 0.3) is 0 Å². The molecule has 0 rings (SSSR count). The van der Waals surface area contributed by atoms with Crippen molar-refractivity contribution in [3.63, 3.8) is 0 Å². The van der Waals surface area contributed by atoms with Gasteiger partial charge in [0.05, 0.1) is 0 Å². The Labute approximate surface area is 56.4 Å². The zero-order valence-electron chi connectivity index (χ0n) is 3.21. The van der Waals surface area contributed by atoms with E-state index in [0.29, 0.717) is 0 Å². The molecule has 0 aliphatic heterocycles. The summed E-state index contributed by atoms with van der Waals surface area (Å²) in [4.78, 5) is 0. The molecule has 5 heteroatoms. The zero-order chi connectivity index (χ0) is 3.58. The summed E-state index contributed by atoms with van der Waals surface area (Å²) in [6, 6.07) is 0. The summed E-state index contributed by atoms with van der Waals surface area (Å²) in [6.07, 6.45) is 1.08. The van der Waals surface area contributed by atoms with E-state index in [-0.39, 0.29) is 30.9 Å². The van der Waals surface area contributed by atoms with Crippen molar-refractivity contribution < 1.29 is 13.1 Å². The van der Waals surface area contributed by atoms with Gasteiger partial charge in [0.15, 0.2) is 0 Å². The number of hydrogen-bond acceptors (Lipinski definition) is 3. The van der Waals surface area contributed by atoms with Crippen LogP contribution in [-0.2, 0) is 19.1 Å². The number of hydrogen-bond donors (Lipinski definition) is 0. The van der Waals surface area contributed by atoms with Gasteiger partial charge >= 0.3 is 26.2 Å². The van der Waals surface area contributed by atoms with E-state index in [1.807, 2.05) is 0 Å². The second kappa shape index (κ2) is 9.23. The molecule has 0 fully saturated rings. The van der Waals surface area contributed by atoms with Gasteiger partial charge in [-0.25, -0.2) is 0 Å². The van der Waals surface area contributed by atoms with E-state index in [0.717, 1.165) is 6.26 Å². The molecule has 0 N–H and O–H groups in total. The molecule has 0 aromatic carbocycles. The summed E-state index contributed by atoms with van der Waals surface area (Å²) < 4.78 is 18.0. The van der Waals surface area contributed by atoms with Crippen molar-refractivity contribution in [3.8, 4) is 0 Å². The van der Waals surface area contributed by atoms with E-state index >= 15 is 0 Å². The Morgan fingerprint density at radius 1 is 1.33 bits per heavy atom. The van der Waals surface area contributed by atoms with Crippen molar-refractivity contribution in [1.29, 1.82) is 0 Å². The van der Waals surface area contributed by atoms with Crippen LogP contribution in [0.4, 0.5) is 4.70 Å². The predicted octanol–water partition coefficient (Wildman–Crippen LogP) is -0.838. The first kappa shape index (κ1) is 15.9. The molecule has 6 heavy (non-hydrogen) atoms. The molecule has 0 aliphatic rings. The maximum absolute atomic E-state index is 9.00. The molecule has 0 atom stereocenters. The average Bonchev–Trinajstić information content (AvgIpc) is 0.811. The molecule has 0 spiro atoms. The topological polar surface area (TPSA) is 34.1 Å². The van der Waals surface area contributed by atoms with Crippen LogP contribution in [0, 0.1) is 0 Å². The quantitative estimate of drug-likeness (QED) is 0.432. The third-order valence-corrected chi connectivity index (χ3v) is 0. The van der Waals surface area contributed by atoms with E-state index in [1.165, 1.54) is 0 Å². The van der Waals surface area contributed by atoms with Crippen LogP contribution in [0.3, 0.4) is 0 Å². The average molecular weight is 310 g/mol. The monoisotopic (exact) mass is 310 g/mol. The van der Waals surface area contributed by atoms with Crippen LogP contribution >= 0.6 is 0 Å². The van der Waals surface area contributed by atoms with E-state index in [9.17, 15) is 0 Å². The van der Waals surface area contributed by atoms with Gasteiger partial charge in [-0.05, 0) is 0 Å². The molecule has 0 saturated heterocycles. The van der Waals surface area contributed by atoms with Crippen LogP contribution < -0.4 is 0 Å². The van der Waals surface area contributed by atoms with Gasteiger partial charge in [-0.1, -0.05) is 17.0 Å². The van der Waals surface area contributed by atoms with Crippen LogP contribution in [0.15, 0.2) is 0 Å². The Balaban J connectivity index is -0.0000000450. The molecule has 0 aromatic heterocycles. The van der Waals surface area contributed by atoms with E-state index in [1.54, 1.807) is 0 Å². The second-order valence-electron chi connectivity index (χ2n) is 0.401. The van der Waals surface area contributed by atoms with Crippen LogP contribution in [-0.4, -0.2) is 32.5 Å². The van der Waals surface area contributed by atoms with Crippen molar-refractivity contribution in [2.45, 2.75) is 0 Å². The third kappa shape index (κ3) is 116. The Kier molecular flexibility index (Phi) is 24.4. The molecule has 0 unspecified atom stereocenters. The summed E-state index contributed by atoms with van der Waals surface area (Å²) in [7, 11) is -1.86. The Bertz CT molecular complexity index is 61.9. The molecule has 2 radical (unpaired) electrons. The SMILES string of the molecule is C[S-](=O)=O.F.[BiH2+]. The van der Waals surface area contributed by atoms with Crippen molar-refractivity contribution in [2.24, 2.45) is 0 Å². The summed E-state index contributed by atoms with van der Waals surface area (Å²) in [6.45, 7) is 0. The maximum atomic E-state index is 9.00. The summed E-state index contributed by atoms with van der Waals surface area (Å²) in [5.74, 6) is 0. The molecular formula is CH6BiFO2S. The summed E-state index contributed by atoms with van der Waals surface area (Å²) in [5.41, 5.74) is 0. The van der Waals surface area contributed by atoms with Crippen molar-refractivity contribution in [2.75, 3.05) is 6.26 Å². The minimum atomic E-state index is -1.86. The number of rotatable bonds is 0. The summed E-state index contributed by atoms with van der Waals surface area (Å²) >= 11 is 0. The first-order valence-corrected chi connectivity index (χ1v) is 2.22. The van der Waals surface area contributed by atoms with Crippen molar-refractivity contribution in [1.82, 2.24) is 0 Å². The standard InChI is InChI=1S/CH3O2S.Bi.FH.2H/c1-4(2)3;;;;/h1H3;;1H;;/q-1;+1;;;. The van der Waals surface area contributed by atoms with Crippen LogP contribution in [0.1, 0.15) is 0 Å². The molecule has 40 valence electrons. The van der Waals surface area contributed by atoms with Crippen molar-refractivity contribution in [3.05, 3.63) is 0 Å². The first-order chi connectivity index (χ1) is 1.73. The van der Waals surface area contributed by atoms with Gasteiger partial charge in [-0.15, -0.1) is 0 Å². The van der Waals surface area contributed by atoms with Crippen LogP contribution in [0.25, 0.3) is 0 Å². The molecule has 0 heterocycles. The van der Waals surface area contributed by atoms with Gasteiger partial charge in [-0.2, -0.15) is 0 Å². The van der Waals surface area contributed by atoms with Gasteiger partial charge in [0.2, 0.25) is 0 Å². The minimum absolute atomic E-state index is 0. The molecule has 2 nitrogen and oxygen atoms in total. The molecule has 0 amide bonds. The van der Waals surface area contributed by atoms with Gasteiger partial charge in [0, 0.05) is 0 Å². The van der Waals surface area contributed by atoms with E-state index < -0.39 is 10.7 Å². The van der Waals surface area contributed by atoms with Crippen LogP contribution in [0.5, 0.6) is 0 Å². The van der Waals surface area contributed by atoms with Crippen molar-refractivity contribution >= 4 is 36.9 Å². The third-order valence-electron chi connectivity index (χ3n) is 0. The van der Waals surface area contributed by atoms with Gasteiger partial charge in [0.1, 0.15) is 0 Å². The molecule has 0 saturated carbocycles. The molecule has 0 aromatic rings. The number of halogens is 1. The first-order valence-electron chi connectivity index (χ1n) is 0.742. The fourth-order valence-electron chi connectivity index (χ4n) is 0. The fourth-order valence-corrected chi connectivity index (χ4v) is 0. The predicted molar refractivity (Wildman–Crippen MR) is 25.7 cm³/mol. The van der Waals surface area contributed by atoms with Gasteiger partial charge in [-0.3, -0.25) is 4.70 Å². The second-order valence-corrected chi connectivity index (χ2v) is 1.20. The van der Waals surface area contributed by atoms with E-state index in [2.05, 4.69) is 0 Å². The van der Waals surface area contributed by atoms with E-state index in [4.69, 9.17) is 8.42 Å². The molecule has 0 aliphatic carbocycles. The van der Waals surface area contributed by atoms with Crippen LogP contribution in [0.2, 0.25) is 0 Å². The molecular weight excluding hydrogens is 304 g/mol. The Hall–Kier alpha value is 0.763. The van der Waals surface area contributed by atoms with Gasteiger partial charge < -0.3 is 8.42 Å².